The van der Waals surface area contributed by atoms with Crippen LogP contribution in [0.1, 0.15) is 12.0 Å². The summed E-state index contributed by atoms with van der Waals surface area (Å²) in [4.78, 5) is 4.06. The number of hydrogen-bond donors (Lipinski definition) is 1. The number of nitrogens with zero attached hydrogens (tertiary/aromatic N) is 1. The van der Waals surface area contributed by atoms with Crippen LogP contribution >= 0.6 is 0 Å². The Labute approximate surface area is 101 Å². The van der Waals surface area contributed by atoms with Crippen LogP contribution in [0.4, 0.5) is 0 Å². The summed E-state index contributed by atoms with van der Waals surface area (Å²) in [7, 11) is 1.62. The van der Waals surface area contributed by atoms with Gasteiger partial charge >= 0.3 is 0 Å². The predicted octanol–water partition coefficient (Wildman–Crippen LogP) is 0.943. The maximum Gasteiger partial charge on any atom is 0.213 e. The number of aromatic nitrogens is 1. The van der Waals surface area contributed by atoms with Crippen molar-refractivity contribution in [3.05, 3.63) is 23.9 Å². The highest BCUT2D eigenvalue weighted by Crippen LogP contribution is 2.09. The zero-order chi connectivity index (χ0) is 11.9. The largest absolute Gasteiger partial charge is 0.481 e. The molecule has 1 atom stereocenters. The molecular weight excluding hydrogens is 220 g/mol. The van der Waals surface area contributed by atoms with Crippen molar-refractivity contribution < 1.29 is 14.2 Å². The van der Waals surface area contributed by atoms with E-state index in [0.29, 0.717) is 12.7 Å². The minimum atomic E-state index is 0.257. The highest BCUT2D eigenvalue weighted by atomic mass is 16.7. The number of nitrogens with one attached hydrogen (secondary N) is 1. The molecule has 5 nitrogen and oxygen atoms in total. The lowest BCUT2D eigenvalue weighted by molar-refractivity contribution is -0.137. The molecule has 94 valence electrons. The van der Waals surface area contributed by atoms with Gasteiger partial charge in [-0.3, -0.25) is 0 Å². The molecule has 1 fully saturated rings. The maximum absolute atomic E-state index is 5.44. The Bertz CT molecular complexity index is 340. The van der Waals surface area contributed by atoms with E-state index in [0.717, 1.165) is 31.7 Å². The van der Waals surface area contributed by atoms with Crippen molar-refractivity contribution in [2.24, 2.45) is 0 Å². The second-order valence-electron chi connectivity index (χ2n) is 3.94. The second-order valence-corrected chi connectivity index (χ2v) is 3.94. The molecule has 1 unspecified atom stereocenters. The fraction of sp³-hybridized carbons (Fsp3) is 0.583. The molecule has 0 radical (unpaired) electrons. The molecule has 0 aromatic carbocycles. The standard InChI is InChI=1S/C12H18N2O3/c1-15-12-6-10(2-4-14-12)7-13-8-11-3-5-16-9-17-11/h2,4,6,11,13H,3,5,7-9H2,1H3. The molecule has 1 aliphatic rings. The molecule has 1 aromatic rings. The monoisotopic (exact) mass is 238 g/mol. The fourth-order valence-electron chi connectivity index (χ4n) is 1.71. The predicted molar refractivity (Wildman–Crippen MR) is 62.8 cm³/mol. The van der Waals surface area contributed by atoms with Crippen LogP contribution < -0.4 is 10.1 Å². The number of pyridine rings is 1. The highest BCUT2D eigenvalue weighted by molar-refractivity contribution is 5.20. The van der Waals surface area contributed by atoms with E-state index in [1.807, 2.05) is 12.1 Å². The summed E-state index contributed by atoms with van der Waals surface area (Å²) in [5, 5.41) is 3.36. The van der Waals surface area contributed by atoms with E-state index in [4.69, 9.17) is 14.2 Å². The van der Waals surface area contributed by atoms with Crippen molar-refractivity contribution in [3.8, 4) is 5.88 Å². The van der Waals surface area contributed by atoms with Gasteiger partial charge in [-0.25, -0.2) is 4.98 Å². The van der Waals surface area contributed by atoms with Crippen LogP contribution in [0.15, 0.2) is 18.3 Å². The first-order valence-electron chi connectivity index (χ1n) is 5.77. The fourth-order valence-corrected chi connectivity index (χ4v) is 1.71. The zero-order valence-electron chi connectivity index (χ0n) is 10.0. The Kier molecular flexibility index (Phi) is 4.73. The molecule has 5 heteroatoms. The van der Waals surface area contributed by atoms with Gasteiger partial charge in [0.1, 0.15) is 6.79 Å². The highest BCUT2D eigenvalue weighted by Gasteiger charge is 2.13. The van der Waals surface area contributed by atoms with E-state index in [1.54, 1.807) is 13.3 Å². The van der Waals surface area contributed by atoms with Crippen LogP contribution in [-0.4, -0.2) is 38.1 Å². The van der Waals surface area contributed by atoms with E-state index in [1.165, 1.54) is 0 Å². The normalized spacial score (nSPS) is 20.2. The quantitative estimate of drug-likeness (QED) is 0.827. The summed E-state index contributed by atoms with van der Waals surface area (Å²) in [6, 6.07) is 3.90. The first-order valence-corrected chi connectivity index (χ1v) is 5.77. The third kappa shape index (κ3) is 3.96. The third-order valence-electron chi connectivity index (χ3n) is 2.68. The van der Waals surface area contributed by atoms with Crippen molar-refractivity contribution in [3.63, 3.8) is 0 Å². The van der Waals surface area contributed by atoms with Crippen LogP contribution in [0.2, 0.25) is 0 Å². The van der Waals surface area contributed by atoms with Crippen LogP contribution in [0.25, 0.3) is 0 Å². The van der Waals surface area contributed by atoms with Crippen molar-refractivity contribution in [1.82, 2.24) is 10.3 Å². The van der Waals surface area contributed by atoms with Crippen LogP contribution in [-0.2, 0) is 16.0 Å². The Balaban J connectivity index is 1.73. The molecule has 1 N–H and O–H groups in total. The van der Waals surface area contributed by atoms with Gasteiger partial charge in [0.05, 0.1) is 19.8 Å². The Morgan fingerprint density at radius 2 is 2.53 bits per heavy atom. The molecule has 2 heterocycles. The summed E-state index contributed by atoms with van der Waals surface area (Å²) in [5.41, 5.74) is 1.16. The number of methoxy groups -OCH3 is 1. The van der Waals surface area contributed by atoms with E-state index in [2.05, 4.69) is 10.3 Å². The molecule has 0 bridgehead atoms. The summed E-state index contributed by atoms with van der Waals surface area (Å²) in [5.74, 6) is 0.645. The van der Waals surface area contributed by atoms with Crippen molar-refractivity contribution in [2.75, 3.05) is 27.1 Å². The van der Waals surface area contributed by atoms with Gasteiger partial charge in [-0.2, -0.15) is 0 Å². The van der Waals surface area contributed by atoms with Gasteiger partial charge < -0.3 is 19.5 Å². The van der Waals surface area contributed by atoms with Gasteiger partial charge in [0.15, 0.2) is 0 Å². The van der Waals surface area contributed by atoms with Crippen LogP contribution in [0.5, 0.6) is 5.88 Å². The van der Waals surface area contributed by atoms with Gasteiger partial charge in [-0.15, -0.1) is 0 Å². The topological polar surface area (TPSA) is 52.6 Å². The van der Waals surface area contributed by atoms with Gasteiger partial charge in [0, 0.05) is 25.4 Å². The average molecular weight is 238 g/mol. The molecule has 1 aromatic heterocycles. The van der Waals surface area contributed by atoms with E-state index < -0.39 is 0 Å². The van der Waals surface area contributed by atoms with Gasteiger partial charge in [0.25, 0.3) is 0 Å². The van der Waals surface area contributed by atoms with Crippen molar-refractivity contribution in [2.45, 2.75) is 19.1 Å². The molecule has 17 heavy (non-hydrogen) atoms. The Hall–Kier alpha value is -1.17. The van der Waals surface area contributed by atoms with Gasteiger partial charge in [-0.05, 0) is 18.1 Å². The van der Waals surface area contributed by atoms with Gasteiger partial charge in [-0.1, -0.05) is 0 Å². The molecule has 2 rings (SSSR count). The van der Waals surface area contributed by atoms with Crippen molar-refractivity contribution >= 4 is 0 Å². The van der Waals surface area contributed by atoms with Crippen molar-refractivity contribution in [1.29, 1.82) is 0 Å². The molecular formula is C12H18N2O3. The first-order chi connectivity index (χ1) is 8.38. The second kappa shape index (κ2) is 6.54. The van der Waals surface area contributed by atoms with E-state index in [-0.39, 0.29) is 6.10 Å². The number of ether oxygens (including phenoxy) is 3. The lowest BCUT2D eigenvalue weighted by atomic mass is 10.2. The smallest absolute Gasteiger partial charge is 0.213 e. The van der Waals surface area contributed by atoms with Crippen LogP contribution in [0, 0.1) is 0 Å². The van der Waals surface area contributed by atoms with Gasteiger partial charge in [0.2, 0.25) is 5.88 Å². The lowest BCUT2D eigenvalue weighted by Gasteiger charge is -2.23. The van der Waals surface area contributed by atoms with Crippen LogP contribution in [0.3, 0.4) is 0 Å². The third-order valence-corrected chi connectivity index (χ3v) is 2.68. The number of rotatable bonds is 5. The average Bonchev–Trinajstić information content (AvgIpc) is 2.40. The molecule has 1 saturated heterocycles. The molecule has 1 aliphatic heterocycles. The molecule has 0 saturated carbocycles. The number of hydrogen-bond acceptors (Lipinski definition) is 5. The Morgan fingerprint density at radius 1 is 1.59 bits per heavy atom. The summed E-state index contributed by atoms with van der Waals surface area (Å²) >= 11 is 0. The molecule has 0 aliphatic carbocycles. The van der Waals surface area contributed by atoms with E-state index >= 15 is 0 Å². The summed E-state index contributed by atoms with van der Waals surface area (Å²) in [6.45, 7) is 2.83. The van der Waals surface area contributed by atoms with E-state index in [9.17, 15) is 0 Å². The lowest BCUT2D eigenvalue weighted by Crippen LogP contribution is -2.33. The first kappa shape index (κ1) is 12.3. The summed E-state index contributed by atoms with van der Waals surface area (Å²) in [6.07, 6.45) is 2.96. The minimum Gasteiger partial charge on any atom is -0.481 e. The SMILES string of the molecule is COc1cc(CNCC2CCOCO2)ccn1. The Morgan fingerprint density at radius 3 is 3.29 bits per heavy atom. The summed E-state index contributed by atoms with van der Waals surface area (Å²) < 4.78 is 15.6. The molecule has 0 amide bonds. The molecule has 0 spiro atoms. The maximum atomic E-state index is 5.44. The zero-order valence-corrected chi connectivity index (χ0v) is 10.0. The minimum absolute atomic E-state index is 0.257.